The van der Waals surface area contributed by atoms with Gasteiger partial charge in [0.05, 0.1) is 10.5 Å². The number of aryl methyl sites for hydroxylation is 1. The lowest BCUT2D eigenvalue weighted by molar-refractivity contribution is 0.0934. The normalized spacial score (nSPS) is 10.7. The number of urea groups is 1. The van der Waals surface area contributed by atoms with Crippen LogP contribution in [0.5, 0.6) is 5.75 Å². The molecule has 126 valence electrons. The maximum Gasteiger partial charge on any atom is 0.347 e. The van der Waals surface area contributed by atoms with Crippen molar-refractivity contribution in [2.45, 2.75) is 11.8 Å². The van der Waals surface area contributed by atoms with Crippen molar-refractivity contribution >= 4 is 22.0 Å². The summed E-state index contributed by atoms with van der Waals surface area (Å²) in [5.41, 5.74) is 4.70. The number of para-hydroxylation sites is 1. The van der Waals surface area contributed by atoms with Gasteiger partial charge in [-0.15, -0.1) is 0 Å². The second-order valence-corrected chi connectivity index (χ2v) is 6.53. The van der Waals surface area contributed by atoms with Crippen molar-refractivity contribution in [3.63, 3.8) is 0 Å². The number of hydrogen-bond acceptors (Lipinski definition) is 5. The Kier molecular flexibility index (Phi) is 5.05. The first-order valence-electron chi connectivity index (χ1n) is 6.77. The topological polar surface area (TPSA) is 125 Å². The molecule has 0 spiro atoms. The van der Waals surface area contributed by atoms with Crippen LogP contribution in [0.2, 0.25) is 0 Å². The lowest BCUT2D eigenvalue weighted by Gasteiger charge is -2.10. The summed E-state index contributed by atoms with van der Waals surface area (Å²) in [5, 5.41) is 9.52. The molecule has 0 atom stereocenters. The molecule has 0 bridgehead atoms. The summed E-state index contributed by atoms with van der Waals surface area (Å²) in [5.74, 6) is -1.07. The molecule has 24 heavy (non-hydrogen) atoms. The van der Waals surface area contributed by atoms with E-state index in [4.69, 9.17) is 0 Å². The predicted octanol–water partition coefficient (Wildman–Crippen LogP) is 1.03. The minimum Gasteiger partial charge on any atom is -0.507 e. The van der Waals surface area contributed by atoms with Crippen LogP contribution in [0.4, 0.5) is 4.79 Å². The van der Waals surface area contributed by atoms with E-state index in [2.05, 4.69) is 0 Å². The third kappa shape index (κ3) is 4.23. The van der Waals surface area contributed by atoms with Gasteiger partial charge in [0.25, 0.3) is 15.9 Å². The van der Waals surface area contributed by atoms with Crippen molar-refractivity contribution in [2.24, 2.45) is 0 Å². The highest BCUT2D eigenvalue weighted by molar-refractivity contribution is 7.90. The van der Waals surface area contributed by atoms with E-state index in [9.17, 15) is 23.1 Å². The van der Waals surface area contributed by atoms with Crippen LogP contribution in [0.3, 0.4) is 0 Å². The quantitative estimate of drug-likeness (QED) is 0.616. The molecule has 0 aliphatic carbocycles. The van der Waals surface area contributed by atoms with Gasteiger partial charge < -0.3 is 5.11 Å². The van der Waals surface area contributed by atoms with Crippen molar-refractivity contribution in [1.29, 1.82) is 0 Å². The van der Waals surface area contributed by atoms with Crippen molar-refractivity contribution in [3.05, 3.63) is 59.7 Å². The second kappa shape index (κ2) is 7.01. The summed E-state index contributed by atoms with van der Waals surface area (Å²) in [6, 6.07) is 10.4. The molecule has 9 heteroatoms. The number of rotatable bonds is 3. The van der Waals surface area contributed by atoms with Crippen LogP contribution < -0.4 is 15.6 Å². The Morgan fingerprint density at radius 1 is 0.958 bits per heavy atom. The van der Waals surface area contributed by atoms with Crippen molar-refractivity contribution in [2.75, 3.05) is 0 Å². The van der Waals surface area contributed by atoms with E-state index in [1.54, 1.807) is 23.8 Å². The van der Waals surface area contributed by atoms with Gasteiger partial charge in [-0.1, -0.05) is 29.8 Å². The average molecular weight is 349 g/mol. The van der Waals surface area contributed by atoms with E-state index in [-0.39, 0.29) is 16.2 Å². The highest BCUT2D eigenvalue weighted by atomic mass is 32.2. The Balaban J connectivity index is 1.97. The van der Waals surface area contributed by atoms with E-state index in [1.807, 2.05) is 10.9 Å². The fraction of sp³-hybridized carbons (Fsp3) is 0.0667. The molecule has 0 heterocycles. The van der Waals surface area contributed by atoms with Crippen LogP contribution in [0.25, 0.3) is 0 Å². The molecule has 4 N–H and O–H groups in total. The molecular formula is C15H15N3O5S. The second-order valence-electron chi connectivity index (χ2n) is 4.84. The molecule has 3 amide bonds. The Bertz CT molecular complexity index is 863. The first kappa shape index (κ1) is 17.3. The first-order valence-corrected chi connectivity index (χ1v) is 8.26. The zero-order chi connectivity index (χ0) is 17.7. The molecule has 0 aliphatic heterocycles. The number of hydrazine groups is 1. The Morgan fingerprint density at radius 2 is 1.58 bits per heavy atom. The predicted molar refractivity (Wildman–Crippen MR) is 85.6 cm³/mol. The molecule has 0 aromatic heterocycles. The van der Waals surface area contributed by atoms with Crippen LogP contribution >= 0.6 is 0 Å². The summed E-state index contributed by atoms with van der Waals surface area (Å²) in [7, 11) is -4.06. The molecule has 0 saturated heterocycles. The van der Waals surface area contributed by atoms with Gasteiger partial charge in [0.1, 0.15) is 5.75 Å². The van der Waals surface area contributed by atoms with E-state index in [0.717, 1.165) is 5.56 Å². The number of hydrogen-bond donors (Lipinski definition) is 4. The summed E-state index contributed by atoms with van der Waals surface area (Å²) < 4.78 is 25.8. The van der Waals surface area contributed by atoms with Gasteiger partial charge in [-0.2, -0.15) is 0 Å². The standard InChI is InChI=1S/C15H15N3O5S/c1-10-6-8-11(9-7-10)24(22,23)18-15(21)17-16-14(20)12-4-2-3-5-13(12)19/h2-9,19H,1H3,(H,16,20)(H2,17,18,21). The van der Waals surface area contributed by atoms with E-state index < -0.39 is 22.0 Å². The summed E-state index contributed by atoms with van der Waals surface area (Å²) in [4.78, 5) is 23.3. The first-order chi connectivity index (χ1) is 11.3. The van der Waals surface area contributed by atoms with Gasteiger partial charge in [0, 0.05) is 0 Å². The number of phenols is 1. The summed E-state index contributed by atoms with van der Waals surface area (Å²) >= 11 is 0. The molecule has 2 aromatic rings. The number of benzene rings is 2. The third-order valence-corrected chi connectivity index (χ3v) is 4.34. The zero-order valence-electron chi connectivity index (χ0n) is 12.6. The SMILES string of the molecule is Cc1ccc(S(=O)(=O)NC(=O)NNC(=O)c2ccccc2O)cc1. The Morgan fingerprint density at radius 3 is 2.21 bits per heavy atom. The number of carbonyl (C=O) groups is 2. The lowest BCUT2D eigenvalue weighted by Crippen LogP contribution is -2.48. The number of amides is 3. The fourth-order valence-corrected chi connectivity index (χ4v) is 2.68. The van der Waals surface area contributed by atoms with Crippen LogP contribution in [0.1, 0.15) is 15.9 Å². The Labute approximate surface area is 138 Å². The molecule has 0 radical (unpaired) electrons. The van der Waals surface area contributed by atoms with E-state index in [1.165, 1.54) is 36.4 Å². The van der Waals surface area contributed by atoms with Crippen LogP contribution in [0.15, 0.2) is 53.4 Å². The largest absolute Gasteiger partial charge is 0.507 e. The molecule has 0 fully saturated rings. The minimum absolute atomic E-state index is 0.0702. The van der Waals surface area contributed by atoms with Crippen molar-refractivity contribution < 1.29 is 23.1 Å². The highest BCUT2D eigenvalue weighted by Crippen LogP contribution is 2.14. The number of phenolic OH excluding ortho intramolecular Hbond substituents is 1. The Hall–Kier alpha value is -3.07. The van der Waals surface area contributed by atoms with Crippen LogP contribution in [-0.4, -0.2) is 25.5 Å². The molecule has 2 aromatic carbocycles. The number of sulfonamides is 1. The average Bonchev–Trinajstić information content (AvgIpc) is 2.53. The molecule has 0 saturated carbocycles. The zero-order valence-corrected chi connectivity index (χ0v) is 13.4. The monoisotopic (exact) mass is 349 g/mol. The van der Waals surface area contributed by atoms with E-state index >= 15 is 0 Å². The van der Waals surface area contributed by atoms with Gasteiger partial charge in [0.15, 0.2) is 0 Å². The fourth-order valence-electron chi connectivity index (χ4n) is 1.77. The van der Waals surface area contributed by atoms with Gasteiger partial charge in [-0.25, -0.2) is 23.4 Å². The smallest absolute Gasteiger partial charge is 0.347 e. The van der Waals surface area contributed by atoms with Gasteiger partial charge in [-0.3, -0.25) is 10.2 Å². The molecule has 2 rings (SSSR count). The van der Waals surface area contributed by atoms with Crippen LogP contribution in [0, 0.1) is 6.92 Å². The molecular weight excluding hydrogens is 334 g/mol. The maximum atomic E-state index is 12.0. The van der Waals surface area contributed by atoms with Gasteiger partial charge in [0.2, 0.25) is 0 Å². The van der Waals surface area contributed by atoms with Crippen LogP contribution in [-0.2, 0) is 10.0 Å². The molecule has 8 nitrogen and oxygen atoms in total. The maximum absolute atomic E-state index is 12.0. The highest BCUT2D eigenvalue weighted by Gasteiger charge is 2.18. The third-order valence-electron chi connectivity index (χ3n) is 3.00. The van der Waals surface area contributed by atoms with E-state index in [0.29, 0.717) is 0 Å². The van der Waals surface area contributed by atoms with Crippen molar-refractivity contribution in [1.82, 2.24) is 15.6 Å². The molecule has 0 aliphatic rings. The van der Waals surface area contributed by atoms with Gasteiger partial charge >= 0.3 is 6.03 Å². The molecule has 0 unspecified atom stereocenters. The minimum atomic E-state index is -4.06. The summed E-state index contributed by atoms with van der Waals surface area (Å²) in [6.07, 6.45) is 0. The summed E-state index contributed by atoms with van der Waals surface area (Å²) in [6.45, 7) is 1.80. The number of nitrogens with one attached hydrogen (secondary N) is 3. The number of carbonyl (C=O) groups excluding carboxylic acids is 2. The van der Waals surface area contributed by atoms with Gasteiger partial charge in [-0.05, 0) is 31.2 Å². The number of aromatic hydroxyl groups is 1. The lowest BCUT2D eigenvalue weighted by atomic mass is 10.2. The van der Waals surface area contributed by atoms with Crippen molar-refractivity contribution in [3.8, 4) is 5.75 Å².